The van der Waals surface area contributed by atoms with Crippen molar-refractivity contribution in [3.63, 3.8) is 0 Å². The second kappa shape index (κ2) is 7.46. The number of non-ortho nitro benzene ring substituents is 1. The highest BCUT2D eigenvalue weighted by atomic mass is 35.5. The van der Waals surface area contributed by atoms with E-state index in [1.807, 2.05) is 0 Å². The number of hydrogen-bond acceptors (Lipinski definition) is 4. The summed E-state index contributed by atoms with van der Waals surface area (Å²) in [6, 6.07) is 5.89. The predicted octanol–water partition coefficient (Wildman–Crippen LogP) is 4.37. The molecule has 9 heteroatoms. The summed E-state index contributed by atoms with van der Waals surface area (Å²) in [6.45, 7) is 1.25. The fourth-order valence-corrected chi connectivity index (χ4v) is 2.57. The average molecular weight is 373 g/mol. The molecule has 126 valence electrons. The summed E-state index contributed by atoms with van der Waals surface area (Å²) < 4.78 is 18.9. The molecule has 24 heavy (non-hydrogen) atoms. The number of nitro benzene ring substituents is 1. The van der Waals surface area contributed by atoms with Gasteiger partial charge in [0.2, 0.25) is 0 Å². The number of amides is 1. The Morgan fingerprint density at radius 1 is 1.33 bits per heavy atom. The Balaban J connectivity index is 2.07. The quantitative estimate of drug-likeness (QED) is 0.624. The van der Waals surface area contributed by atoms with Crippen molar-refractivity contribution in [1.29, 1.82) is 0 Å². The first kappa shape index (κ1) is 18.0. The van der Waals surface area contributed by atoms with Crippen LogP contribution in [0.2, 0.25) is 10.0 Å². The summed E-state index contributed by atoms with van der Waals surface area (Å²) in [5.41, 5.74) is -0.0252. The van der Waals surface area contributed by atoms with Gasteiger partial charge in [-0.05, 0) is 30.7 Å². The maximum absolute atomic E-state index is 13.6. The van der Waals surface area contributed by atoms with Crippen molar-refractivity contribution < 1.29 is 18.8 Å². The number of nitrogens with zero attached hydrogens (tertiary/aromatic N) is 1. The van der Waals surface area contributed by atoms with Gasteiger partial charge in [0.25, 0.3) is 11.6 Å². The molecule has 2 aromatic rings. The van der Waals surface area contributed by atoms with Gasteiger partial charge in [0.05, 0.1) is 15.6 Å². The van der Waals surface area contributed by atoms with Crippen LogP contribution in [0.15, 0.2) is 30.3 Å². The lowest BCUT2D eigenvalue weighted by molar-refractivity contribution is -0.384. The number of hydrogen-bond donors (Lipinski definition) is 1. The van der Waals surface area contributed by atoms with Crippen LogP contribution in [0.25, 0.3) is 0 Å². The van der Waals surface area contributed by atoms with E-state index in [0.29, 0.717) is 10.6 Å². The molecular weight excluding hydrogens is 362 g/mol. The van der Waals surface area contributed by atoms with Gasteiger partial charge in [0.15, 0.2) is 6.61 Å². The van der Waals surface area contributed by atoms with Crippen molar-refractivity contribution in [2.75, 3.05) is 11.9 Å². The Hall–Kier alpha value is -2.38. The van der Waals surface area contributed by atoms with Gasteiger partial charge in [-0.15, -0.1) is 0 Å². The molecule has 0 bridgehead atoms. The van der Waals surface area contributed by atoms with Crippen LogP contribution in [0, 0.1) is 22.9 Å². The predicted molar refractivity (Wildman–Crippen MR) is 88.4 cm³/mol. The third-order valence-electron chi connectivity index (χ3n) is 2.98. The molecule has 0 unspecified atom stereocenters. The number of carbonyl (C=O) groups excluding carboxylic acids is 1. The number of halogens is 3. The summed E-state index contributed by atoms with van der Waals surface area (Å²) in [6.07, 6.45) is 0. The number of nitrogens with one attached hydrogen (secondary N) is 1. The Bertz CT molecular complexity index is 791. The molecule has 0 saturated heterocycles. The smallest absolute Gasteiger partial charge is 0.271 e. The monoisotopic (exact) mass is 372 g/mol. The maximum Gasteiger partial charge on any atom is 0.271 e. The van der Waals surface area contributed by atoms with Crippen molar-refractivity contribution in [2.45, 2.75) is 6.92 Å². The Labute approximate surface area is 146 Å². The van der Waals surface area contributed by atoms with Crippen LogP contribution < -0.4 is 10.1 Å². The Morgan fingerprint density at radius 3 is 2.67 bits per heavy atom. The molecule has 0 spiro atoms. The zero-order valence-electron chi connectivity index (χ0n) is 12.3. The van der Waals surface area contributed by atoms with Gasteiger partial charge in [-0.25, -0.2) is 4.39 Å². The first-order chi connectivity index (χ1) is 11.3. The van der Waals surface area contributed by atoms with E-state index in [-0.39, 0.29) is 22.1 Å². The van der Waals surface area contributed by atoms with E-state index < -0.39 is 23.3 Å². The van der Waals surface area contributed by atoms with E-state index in [1.165, 1.54) is 6.07 Å². The van der Waals surface area contributed by atoms with Crippen LogP contribution in [-0.2, 0) is 4.79 Å². The minimum absolute atomic E-state index is 0.231. The van der Waals surface area contributed by atoms with Gasteiger partial charge in [0.1, 0.15) is 11.6 Å². The summed E-state index contributed by atoms with van der Waals surface area (Å²) in [5.74, 6) is -1.22. The second-order valence-corrected chi connectivity index (χ2v) is 5.64. The largest absolute Gasteiger partial charge is 0.482 e. The molecular formula is C15H11Cl2FN2O4. The van der Waals surface area contributed by atoms with Crippen molar-refractivity contribution in [3.8, 4) is 5.75 Å². The number of rotatable bonds is 5. The van der Waals surface area contributed by atoms with Crippen LogP contribution in [0.4, 0.5) is 15.8 Å². The minimum Gasteiger partial charge on any atom is -0.482 e. The van der Waals surface area contributed by atoms with Gasteiger partial charge in [-0.3, -0.25) is 14.9 Å². The third kappa shape index (κ3) is 4.33. The summed E-state index contributed by atoms with van der Waals surface area (Å²) in [7, 11) is 0. The van der Waals surface area contributed by atoms with E-state index in [0.717, 1.165) is 18.2 Å². The van der Waals surface area contributed by atoms with Gasteiger partial charge in [0, 0.05) is 17.2 Å². The Morgan fingerprint density at radius 2 is 2.04 bits per heavy atom. The summed E-state index contributed by atoms with van der Waals surface area (Å²) in [4.78, 5) is 21.9. The topological polar surface area (TPSA) is 81.5 Å². The molecule has 0 aliphatic heterocycles. The number of aryl methyl sites for hydroxylation is 1. The molecule has 0 saturated carbocycles. The second-order valence-electron chi connectivity index (χ2n) is 4.79. The van der Waals surface area contributed by atoms with Crippen LogP contribution in [0.3, 0.4) is 0 Å². The molecule has 0 aliphatic rings. The zero-order chi connectivity index (χ0) is 17.9. The van der Waals surface area contributed by atoms with Crippen molar-refractivity contribution in [1.82, 2.24) is 0 Å². The molecule has 0 heterocycles. The highest BCUT2D eigenvalue weighted by molar-refractivity contribution is 6.35. The van der Waals surface area contributed by atoms with Crippen LogP contribution in [0.1, 0.15) is 5.56 Å². The summed E-state index contributed by atoms with van der Waals surface area (Å²) in [5, 5.41) is 13.6. The number of benzene rings is 2. The molecule has 0 radical (unpaired) electrons. The van der Waals surface area contributed by atoms with Crippen molar-refractivity contribution in [3.05, 3.63) is 61.9 Å². The standard InChI is InChI=1S/C15H11Cl2FN2O4/c1-8-4-9(16)5-11(17)15(8)24-7-14(21)19-13-6-10(20(22)23)2-3-12(13)18/h2-6H,7H2,1H3,(H,19,21). The molecule has 0 aromatic heterocycles. The first-order valence-electron chi connectivity index (χ1n) is 6.60. The number of nitro groups is 1. The zero-order valence-corrected chi connectivity index (χ0v) is 13.8. The van der Waals surface area contributed by atoms with Crippen LogP contribution in [-0.4, -0.2) is 17.4 Å². The molecule has 1 N–H and O–H groups in total. The van der Waals surface area contributed by atoms with Crippen LogP contribution in [0.5, 0.6) is 5.75 Å². The lowest BCUT2D eigenvalue weighted by Gasteiger charge is -2.12. The third-order valence-corrected chi connectivity index (χ3v) is 3.48. The average Bonchev–Trinajstić information content (AvgIpc) is 2.48. The van der Waals surface area contributed by atoms with Gasteiger partial charge < -0.3 is 10.1 Å². The fourth-order valence-electron chi connectivity index (χ4n) is 1.92. The highest BCUT2D eigenvalue weighted by Crippen LogP contribution is 2.31. The van der Waals surface area contributed by atoms with Gasteiger partial charge >= 0.3 is 0 Å². The number of ether oxygens (including phenoxy) is 1. The SMILES string of the molecule is Cc1cc(Cl)cc(Cl)c1OCC(=O)Nc1cc([N+](=O)[O-])ccc1F. The minimum atomic E-state index is -0.797. The Kier molecular flexibility index (Phi) is 5.58. The van der Waals surface area contributed by atoms with Gasteiger partial charge in [-0.2, -0.15) is 0 Å². The fraction of sp³-hybridized carbons (Fsp3) is 0.133. The van der Waals surface area contributed by atoms with E-state index >= 15 is 0 Å². The maximum atomic E-state index is 13.6. The van der Waals surface area contributed by atoms with E-state index in [1.54, 1.807) is 13.0 Å². The molecule has 2 aromatic carbocycles. The van der Waals surface area contributed by atoms with E-state index in [4.69, 9.17) is 27.9 Å². The molecule has 0 aliphatic carbocycles. The first-order valence-corrected chi connectivity index (χ1v) is 7.35. The number of anilines is 1. The van der Waals surface area contributed by atoms with Gasteiger partial charge in [-0.1, -0.05) is 23.2 Å². The highest BCUT2D eigenvalue weighted by Gasteiger charge is 2.15. The molecule has 0 fully saturated rings. The van der Waals surface area contributed by atoms with Crippen molar-refractivity contribution in [2.24, 2.45) is 0 Å². The van der Waals surface area contributed by atoms with E-state index in [2.05, 4.69) is 5.32 Å². The molecule has 6 nitrogen and oxygen atoms in total. The molecule has 1 amide bonds. The summed E-state index contributed by atoms with van der Waals surface area (Å²) >= 11 is 11.8. The van der Waals surface area contributed by atoms with Crippen LogP contribution >= 0.6 is 23.2 Å². The lowest BCUT2D eigenvalue weighted by Crippen LogP contribution is -2.21. The van der Waals surface area contributed by atoms with Crippen molar-refractivity contribution >= 4 is 40.5 Å². The molecule has 0 atom stereocenters. The molecule has 2 rings (SSSR count). The normalized spacial score (nSPS) is 10.3. The number of carbonyl (C=O) groups is 1. The van der Waals surface area contributed by atoms with E-state index in [9.17, 15) is 19.3 Å². The lowest BCUT2D eigenvalue weighted by atomic mass is 10.2.